The van der Waals surface area contributed by atoms with Crippen molar-refractivity contribution in [3.05, 3.63) is 0 Å². The molecule has 0 aromatic rings. The molecule has 1 heterocycles. The molecule has 0 atom stereocenters. The van der Waals surface area contributed by atoms with E-state index in [-0.39, 0.29) is 11.6 Å². The van der Waals surface area contributed by atoms with E-state index in [2.05, 4.69) is 5.92 Å². The summed E-state index contributed by atoms with van der Waals surface area (Å²) in [6, 6.07) is 0. The van der Waals surface area contributed by atoms with Gasteiger partial charge in [-0.1, -0.05) is 0 Å². The second-order valence-electron chi connectivity index (χ2n) is 5.66. The van der Waals surface area contributed by atoms with Gasteiger partial charge in [0, 0.05) is 6.42 Å². The van der Waals surface area contributed by atoms with Crippen molar-refractivity contribution >= 4 is 6.09 Å². The van der Waals surface area contributed by atoms with Gasteiger partial charge < -0.3 is 9.47 Å². The van der Waals surface area contributed by atoms with Gasteiger partial charge in [0.15, 0.2) is 0 Å². The predicted molar refractivity (Wildman–Crippen MR) is 70.0 cm³/mol. The number of carbonyl (C=O) groups excluding carboxylic acids is 1. The first kappa shape index (κ1) is 14.8. The second-order valence-corrected chi connectivity index (χ2v) is 5.66. The van der Waals surface area contributed by atoms with E-state index in [1.165, 1.54) is 0 Å². The highest BCUT2D eigenvalue weighted by atomic mass is 16.6. The van der Waals surface area contributed by atoms with Crippen molar-refractivity contribution in [3.8, 4) is 12.3 Å². The maximum atomic E-state index is 12.1. The van der Waals surface area contributed by atoms with Crippen molar-refractivity contribution in [1.29, 1.82) is 0 Å². The van der Waals surface area contributed by atoms with Crippen LogP contribution in [0.5, 0.6) is 0 Å². The van der Waals surface area contributed by atoms with Gasteiger partial charge in [-0.25, -0.2) is 4.79 Å². The fourth-order valence-corrected chi connectivity index (χ4v) is 2.23. The summed E-state index contributed by atoms with van der Waals surface area (Å²) in [7, 11) is 0. The Labute approximate surface area is 110 Å². The SMILES string of the molecule is C#CCCCCOC(=O)N1C(C)(C)COC1(C)C. The van der Waals surface area contributed by atoms with Crippen LogP contribution in [0.25, 0.3) is 0 Å². The van der Waals surface area contributed by atoms with E-state index in [0.29, 0.717) is 13.2 Å². The van der Waals surface area contributed by atoms with Crippen molar-refractivity contribution in [2.75, 3.05) is 13.2 Å². The Balaban J connectivity index is 2.48. The molecule has 1 aliphatic rings. The quantitative estimate of drug-likeness (QED) is 0.571. The molecule has 0 N–H and O–H groups in total. The molecular weight excluding hydrogens is 230 g/mol. The Bertz CT molecular complexity index is 325. The van der Waals surface area contributed by atoms with Gasteiger partial charge in [-0.3, -0.25) is 4.90 Å². The Hall–Kier alpha value is -1.21. The summed E-state index contributed by atoms with van der Waals surface area (Å²) in [4.78, 5) is 13.8. The molecule has 18 heavy (non-hydrogen) atoms. The minimum absolute atomic E-state index is 0.316. The summed E-state index contributed by atoms with van der Waals surface area (Å²) in [6.45, 7) is 8.63. The van der Waals surface area contributed by atoms with Gasteiger partial charge in [0.2, 0.25) is 0 Å². The monoisotopic (exact) mass is 253 g/mol. The number of nitrogens with zero attached hydrogens (tertiary/aromatic N) is 1. The molecule has 1 amide bonds. The topological polar surface area (TPSA) is 38.8 Å². The number of rotatable bonds is 4. The van der Waals surface area contributed by atoms with Crippen LogP contribution in [0.3, 0.4) is 0 Å². The number of hydrogen-bond acceptors (Lipinski definition) is 3. The number of terminal acetylenes is 1. The third-order valence-electron chi connectivity index (χ3n) is 3.05. The first-order valence-electron chi connectivity index (χ1n) is 6.36. The maximum Gasteiger partial charge on any atom is 0.412 e. The van der Waals surface area contributed by atoms with Gasteiger partial charge in [-0.15, -0.1) is 12.3 Å². The number of unbranched alkanes of at least 4 members (excludes halogenated alkanes) is 2. The fraction of sp³-hybridized carbons (Fsp3) is 0.786. The lowest BCUT2D eigenvalue weighted by Gasteiger charge is -2.36. The first-order chi connectivity index (χ1) is 8.31. The minimum atomic E-state index is -0.612. The zero-order chi connectivity index (χ0) is 13.8. The van der Waals surface area contributed by atoms with Crippen LogP contribution in [0.15, 0.2) is 0 Å². The van der Waals surface area contributed by atoms with Crippen LogP contribution >= 0.6 is 0 Å². The minimum Gasteiger partial charge on any atom is -0.449 e. The highest BCUT2D eigenvalue weighted by Gasteiger charge is 2.49. The van der Waals surface area contributed by atoms with E-state index in [1.54, 1.807) is 4.90 Å². The highest BCUT2D eigenvalue weighted by Crippen LogP contribution is 2.34. The van der Waals surface area contributed by atoms with Gasteiger partial charge in [0.25, 0.3) is 0 Å². The van der Waals surface area contributed by atoms with Crippen LogP contribution in [0.1, 0.15) is 47.0 Å². The van der Waals surface area contributed by atoms with Crippen molar-refractivity contribution < 1.29 is 14.3 Å². The van der Waals surface area contributed by atoms with Gasteiger partial charge in [0.05, 0.1) is 18.8 Å². The Morgan fingerprint density at radius 1 is 1.39 bits per heavy atom. The molecule has 0 spiro atoms. The summed E-state index contributed by atoms with van der Waals surface area (Å²) in [5.74, 6) is 2.57. The second kappa shape index (κ2) is 5.62. The van der Waals surface area contributed by atoms with Crippen LogP contribution in [-0.2, 0) is 9.47 Å². The molecule has 0 radical (unpaired) electrons. The zero-order valence-electron chi connectivity index (χ0n) is 11.8. The van der Waals surface area contributed by atoms with E-state index in [9.17, 15) is 4.79 Å². The van der Waals surface area contributed by atoms with E-state index in [0.717, 1.165) is 19.3 Å². The number of ether oxygens (including phenoxy) is 2. The Kier molecular flexibility index (Phi) is 4.64. The largest absolute Gasteiger partial charge is 0.449 e. The molecular formula is C14H23NO3. The van der Waals surface area contributed by atoms with Gasteiger partial charge in [-0.05, 0) is 40.5 Å². The molecule has 0 saturated carbocycles. The van der Waals surface area contributed by atoms with Crippen molar-refractivity contribution in [3.63, 3.8) is 0 Å². The van der Waals surface area contributed by atoms with Gasteiger partial charge in [0.1, 0.15) is 5.72 Å². The molecule has 1 saturated heterocycles. The third-order valence-corrected chi connectivity index (χ3v) is 3.05. The maximum absolute atomic E-state index is 12.1. The van der Waals surface area contributed by atoms with Crippen LogP contribution < -0.4 is 0 Å². The lowest BCUT2D eigenvalue weighted by molar-refractivity contribution is -0.0518. The van der Waals surface area contributed by atoms with Crippen LogP contribution in [0.4, 0.5) is 4.79 Å². The predicted octanol–water partition coefficient (Wildman–Crippen LogP) is 2.77. The molecule has 0 aromatic heterocycles. The summed E-state index contributed by atoms with van der Waals surface area (Å²) in [5.41, 5.74) is -0.946. The molecule has 4 nitrogen and oxygen atoms in total. The molecule has 0 unspecified atom stereocenters. The summed E-state index contributed by atoms with van der Waals surface area (Å²) in [5, 5.41) is 0. The molecule has 4 heteroatoms. The zero-order valence-corrected chi connectivity index (χ0v) is 11.8. The highest BCUT2D eigenvalue weighted by molar-refractivity contribution is 5.69. The Morgan fingerprint density at radius 3 is 2.56 bits per heavy atom. The molecule has 1 rings (SSSR count). The van der Waals surface area contributed by atoms with Crippen LogP contribution in [0.2, 0.25) is 0 Å². The molecule has 1 aliphatic heterocycles. The third kappa shape index (κ3) is 3.39. The number of hydrogen-bond donors (Lipinski definition) is 0. The lowest BCUT2D eigenvalue weighted by Crippen LogP contribution is -2.52. The van der Waals surface area contributed by atoms with Crippen LogP contribution in [0, 0.1) is 12.3 Å². The smallest absolute Gasteiger partial charge is 0.412 e. The average Bonchev–Trinajstić information content (AvgIpc) is 2.47. The van der Waals surface area contributed by atoms with Gasteiger partial charge >= 0.3 is 6.09 Å². The lowest BCUT2D eigenvalue weighted by atomic mass is 10.0. The summed E-state index contributed by atoms with van der Waals surface area (Å²) >= 11 is 0. The molecule has 0 aliphatic carbocycles. The fourth-order valence-electron chi connectivity index (χ4n) is 2.23. The van der Waals surface area contributed by atoms with E-state index >= 15 is 0 Å². The molecule has 0 bridgehead atoms. The summed E-state index contributed by atoms with van der Waals surface area (Å²) < 4.78 is 10.9. The number of amides is 1. The van der Waals surface area contributed by atoms with E-state index < -0.39 is 5.72 Å². The van der Waals surface area contributed by atoms with Crippen molar-refractivity contribution in [2.45, 2.75) is 58.2 Å². The normalized spacial score (nSPS) is 20.5. The van der Waals surface area contributed by atoms with E-state index in [1.807, 2.05) is 27.7 Å². The van der Waals surface area contributed by atoms with E-state index in [4.69, 9.17) is 15.9 Å². The molecule has 0 aromatic carbocycles. The molecule has 1 fully saturated rings. The number of carbonyl (C=O) groups is 1. The Morgan fingerprint density at radius 2 is 2.06 bits per heavy atom. The van der Waals surface area contributed by atoms with Crippen molar-refractivity contribution in [1.82, 2.24) is 4.90 Å². The first-order valence-corrected chi connectivity index (χ1v) is 6.36. The average molecular weight is 253 g/mol. The van der Waals surface area contributed by atoms with Gasteiger partial charge in [-0.2, -0.15) is 0 Å². The molecule has 102 valence electrons. The standard InChI is InChI=1S/C14H23NO3/c1-6-7-8-9-10-17-12(16)15-13(2,3)11-18-14(15,4)5/h1H,7-11H2,2-5H3. The van der Waals surface area contributed by atoms with Crippen LogP contribution in [-0.4, -0.2) is 35.5 Å². The summed E-state index contributed by atoms with van der Waals surface area (Å²) in [6.07, 6.45) is 7.24. The van der Waals surface area contributed by atoms with Crippen molar-refractivity contribution in [2.24, 2.45) is 0 Å².